The molecule has 27 heavy (non-hydrogen) atoms. The first-order chi connectivity index (χ1) is 12.8. The minimum absolute atomic E-state index is 0.00656. The highest BCUT2D eigenvalue weighted by Crippen LogP contribution is 2.45. The Morgan fingerprint density at radius 3 is 2.85 bits per heavy atom. The number of hydrogen-bond acceptors (Lipinski definition) is 6. The number of H-pyrrole nitrogens is 2. The molecule has 8 heteroatoms. The van der Waals surface area contributed by atoms with Crippen molar-refractivity contribution >= 4 is 5.97 Å². The highest BCUT2D eigenvalue weighted by Gasteiger charge is 2.51. The van der Waals surface area contributed by atoms with Crippen molar-refractivity contribution in [1.82, 2.24) is 10.2 Å². The molecule has 1 aliphatic carbocycles. The number of phenolic OH excluding ortho intramolecular Hbond substituents is 1. The average Bonchev–Trinajstić information content (AvgIpc) is 2.98. The van der Waals surface area contributed by atoms with Gasteiger partial charge in [0, 0.05) is 23.6 Å². The van der Waals surface area contributed by atoms with Gasteiger partial charge in [0.2, 0.25) is 0 Å². The molecule has 0 bridgehead atoms. The molecule has 0 saturated heterocycles. The number of carbonyl (C=O) groups excluding carboxylic acids is 1. The third kappa shape index (κ3) is 3.23. The van der Waals surface area contributed by atoms with Gasteiger partial charge in [-0.1, -0.05) is 18.7 Å². The Labute approximate surface area is 155 Å². The summed E-state index contributed by atoms with van der Waals surface area (Å²) in [5.41, 5.74) is -0.424. The van der Waals surface area contributed by atoms with Crippen LogP contribution in [0.1, 0.15) is 29.7 Å². The second-order valence-corrected chi connectivity index (χ2v) is 6.81. The number of aromatic hydroxyl groups is 1. The summed E-state index contributed by atoms with van der Waals surface area (Å²) in [6.07, 6.45) is 1.52. The van der Waals surface area contributed by atoms with Gasteiger partial charge in [0.1, 0.15) is 6.61 Å². The molecule has 2 aromatic rings. The lowest BCUT2D eigenvalue weighted by molar-refractivity contribution is -0.158. The van der Waals surface area contributed by atoms with Crippen LogP contribution in [-0.2, 0) is 16.0 Å². The topological polar surface area (TPSA) is 125 Å². The first-order valence-electron chi connectivity index (χ1n) is 8.46. The number of aliphatic hydroxyl groups is 1. The summed E-state index contributed by atoms with van der Waals surface area (Å²) in [6, 6.07) is 4.56. The number of carbonyl (C=O) groups is 1. The summed E-state index contributed by atoms with van der Waals surface area (Å²) in [5, 5.41) is 26.2. The minimum Gasteiger partial charge on any atom is -0.504 e. The van der Waals surface area contributed by atoms with E-state index >= 15 is 0 Å². The van der Waals surface area contributed by atoms with E-state index in [0.717, 1.165) is 0 Å². The molecule has 0 spiro atoms. The van der Waals surface area contributed by atoms with Crippen molar-refractivity contribution in [2.24, 2.45) is 5.92 Å². The molecule has 1 heterocycles. The van der Waals surface area contributed by atoms with E-state index in [-0.39, 0.29) is 30.1 Å². The predicted molar refractivity (Wildman–Crippen MR) is 96.9 cm³/mol. The highest BCUT2D eigenvalue weighted by atomic mass is 16.5. The Bertz CT molecular complexity index is 927. The lowest BCUT2D eigenvalue weighted by atomic mass is 9.66. The maximum absolute atomic E-state index is 12.8. The quantitative estimate of drug-likeness (QED) is 0.460. The van der Waals surface area contributed by atoms with Crippen molar-refractivity contribution in [1.29, 1.82) is 0 Å². The maximum Gasteiger partial charge on any atom is 0.313 e. The zero-order chi connectivity index (χ0) is 19.8. The second-order valence-electron chi connectivity index (χ2n) is 6.81. The van der Waals surface area contributed by atoms with E-state index in [1.54, 1.807) is 12.1 Å². The second kappa shape index (κ2) is 6.96. The van der Waals surface area contributed by atoms with E-state index < -0.39 is 23.4 Å². The SMILES string of the molecule is C=CCOC(=O)[C@@H]1[C@@H](c2ccc(O)c(OC)c2)c2c([nH][nH]c2=O)C[C@@]1(C)O. The first kappa shape index (κ1) is 18.8. The summed E-state index contributed by atoms with van der Waals surface area (Å²) in [5.74, 6) is -2.33. The van der Waals surface area contributed by atoms with Crippen LogP contribution in [0.4, 0.5) is 0 Å². The summed E-state index contributed by atoms with van der Waals surface area (Å²) >= 11 is 0. The molecular weight excluding hydrogens is 352 g/mol. The molecule has 8 nitrogen and oxygen atoms in total. The Kier molecular flexibility index (Phi) is 4.84. The van der Waals surface area contributed by atoms with Gasteiger partial charge in [-0.3, -0.25) is 14.7 Å². The van der Waals surface area contributed by atoms with Crippen LogP contribution in [0.5, 0.6) is 11.5 Å². The molecular formula is C19H22N2O6. The van der Waals surface area contributed by atoms with Crippen LogP contribution in [0.15, 0.2) is 35.6 Å². The van der Waals surface area contributed by atoms with Gasteiger partial charge in [-0.05, 0) is 24.6 Å². The number of aromatic amines is 2. The van der Waals surface area contributed by atoms with Crippen LogP contribution in [0.3, 0.4) is 0 Å². The summed E-state index contributed by atoms with van der Waals surface area (Å²) in [6.45, 7) is 5.05. The zero-order valence-corrected chi connectivity index (χ0v) is 15.1. The van der Waals surface area contributed by atoms with Gasteiger partial charge >= 0.3 is 5.97 Å². The van der Waals surface area contributed by atoms with Crippen LogP contribution < -0.4 is 10.3 Å². The number of fused-ring (bicyclic) bond motifs is 1. The van der Waals surface area contributed by atoms with Crippen molar-refractivity contribution in [2.45, 2.75) is 24.9 Å². The molecule has 1 aromatic heterocycles. The number of phenols is 1. The Morgan fingerprint density at radius 1 is 1.44 bits per heavy atom. The fourth-order valence-electron chi connectivity index (χ4n) is 3.73. The minimum atomic E-state index is -1.47. The van der Waals surface area contributed by atoms with Crippen LogP contribution in [0, 0.1) is 5.92 Å². The zero-order valence-electron chi connectivity index (χ0n) is 15.1. The number of benzene rings is 1. The lowest BCUT2D eigenvalue weighted by Gasteiger charge is -2.40. The lowest BCUT2D eigenvalue weighted by Crippen LogP contribution is -2.50. The standard InChI is InChI=1S/C19H22N2O6/c1-4-7-27-18(24)16-14(10-5-6-12(22)13(8-10)26-3)15-11(9-19(16,2)25)20-21-17(15)23/h4-6,8,14,16,22,25H,1,7,9H2,2-3H3,(H2,20,21,23)/t14-,16-,19+/m0/s1. The molecule has 0 unspecified atom stereocenters. The normalized spacial score (nSPS) is 24.1. The fraction of sp³-hybridized carbons (Fsp3) is 0.368. The highest BCUT2D eigenvalue weighted by molar-refractivity contribution is 5.77. The molecule has 144 valence electrons. The molecule has 0 aliphatic heterocycles. The van der Waals surface area contributed by atoms with Crippen LogP contribution >= 0.6 is 0 Å². The van der Waals surface area contributed by atoms with E-state index in [1.165, 1.54) is 26.2 Å². The molecule has 0 amide bonds. The van der Waals surface area contributed by atoms with Gasteiger partial charge in [0.05, 0.1) is 18.6 Å². The third-order valence-corrected chi connectivity index (χ3v) is 4.91. The number of esters is 1. The largest absolute Gasteiger partial charge is 0.504 e. The number of methoxy groups -OCH3 is 1. The molecule has 4 N–H and O–H groups in total. The summed E-state index contributed by atoms with van der Waals surface area (Å²) in [4.78, 5) is 25.2. The smallest absolute Gasteiger partial charge is 0.313 e. The average molecular weight is 374 g/mol. The van der Waals surface area contributed by atoms with Crippen molar-refractivity contribution in [3.05, 3.63) is 58.0 Å². The van der Waals surface area contributed by atoms with E-state index in [1.807, 2.05) is 0 Å². The fourth-order valence-corrected chi connectivity index (χ4v) is 3.73. The Hall–Kier alpha value is -3.00. The number of nitrogens with one attached hydrogen (secondary N) is 2. The van der Waals surface area contributed by atoms with Gasteiger partial charge in [-0.25, -0.2) is 0 Å². The van der Waals surface area contributed by atoms with E-state index in [2.05, 4.69) is 16.8 Å². The molecule has 1 aromatic carbocycles. The van der Waals surface area contributed by atoms with Crippen LogP contribution in [-0.4, -0.2) is 45.7 Å². The third-order valence-electron chi connectivity index (χ3n) is 4.91. The van der Waals surface area contributed by atoms with Gasteiger partial charge in [-0.15, -0.1) is 0 Å². The molecule has 3 atom stereocenters. The molecule has 3 rings (SSSR count). The van der Waals surface area contributed by atoms with Crippen LogP contribution in [0.2, 0.25) is 0 Å². The van der Waals surface area contributed by atoms with Gasteiger partial charge in [-0.2, -0.15) is 0 Å². The molecule has 1 aliphatic rings. The van der Waals surface area contributed by atoms with Gasteiger partial charge < -0.3 is 24.8 Å². The van der Waals surface area contributed by atoms with Crippen molar-refractivity contribution in [3.8, 4) is 11.5 Å². The van der Waals surface area contributed by atoms with E-state index in [9.17, 15) is 19.8 Å². The number of aromatic nitrogens is 2. The number of ether oxygens (including phenoxy) is 2. The number of rotatable bonds is 5. The van der Waals surface area contributed by atoms with Crippen molar-refractivity contribution < 1.29 is 24.5 Å². The molecule has 0 saturated carbocycles. The maximum atomic E-state index is 12.8. The van der Waals surface area contributed by atoms with E-state index in [0.29, 0.717) is 16.8 Å². The van der Waals surface area contributed by atoms with Crippen molar-refractivity contribution in [2.75, 3.05) is 13.7 Å². The monoisotopic (exact) mass is 374 g/mol. The predicted octanol–water partition coefficient (Wildman–Crippen LogP) is 1.20. The first-order valence-corrected chi connectivity index (χ1v) is 8.46. The van der Waals surface area contributed by atoms with Crippen molar-refractivity contribution in [3.63, 3.8) is 0 Å². The summed E-state index contributed by atoms with van der Waals surface area (Å²) < 4.78 is 10.4. The molecule has 0 fully saturated rings. The molecule has 0 radical (unpaired) electrons. The van der Waals surface area contributed by atoms with Crippen LogP contribution in [0.25, 0.3) is 0 Å². The summed E-state index contributed by atoms with van der Waals surface area (Å²) in [7, 11) is 1.40. The Morgan fingerprint density at radius 2 is 2.19 bits per heavy atom. The van der Waals surface area contributed by atoms with Gasteiger partial charge in [0.15, 0.2) is 11.5 Å². The van der Waals surface area contributed by atoms with E-state index in [4.69, 9.17) is 9.47 Å². The van der Waals surface area contributed by atoms with Gasteiger partial charge in [0.25, 0.3) is 5.56 Å². The Balaban J connectivity index is 2.20. The number of hydrogen-bond donors (Lipinski definition) is 4.